The van der Waals surface area contributed by atoms with E-state index in [1.54, 1.807) is 0 Å². The molecule has 2 rings (SSSR count). The van der Waals surface area contributed by atoms with Gasteiger partial charge in [-0.1, -0.05) is 30.3 Å². The Morgan fingerprint density at radius 1 is 1.33 bits per heavy atom. The van der Waals surface area contributed by atoms with Gasteiger partial charge in [-0.05, 0) is 31.9 Å². The highest BCUT2D eigenvalue weighted by atomic mass is 35.5. The van der Waals surface area contributed by atoms with Crippen molar-refractivity contribution in [1.82, 2.24) is 5.32 Å². The normalized spacial score (nSPS) is 29.9. The third kappa shape index (κ3) is 2.03. The number of hydrogen-bond donors (Lipinski definition) is 2. The summed E-state index contributed by atoms with van der Waals surface area (Å²) in [7, 11) is 1.93. The van der Waals surface area contributed by atoms with E-state index in [-0.39, 0.29) is 24.0 Å². The van der Waals surface area contributed by atoms with E-state index in [0.717, 1.165) is 19.3 Å². The lowest BCUT2D eigenvalue weighted by Gasteiger charge is -2.33. The minimum Gasteiger partial charge on any atom is -0.391 e. The summed E-state index contributed by atoms with van der Waals surface area (Å²) < 4.78 is 0. The van der Waals surface area contributed by atoms with Gasteiger partial charge in [0, 0.05) is 0 Å². The largest absolute Gasteiger partial charge is 0.391 e. The van der Waals surface area contributed by atoms with Crippen LogP contribution in [0.25, 0.3) is 0 Å². The third-order valence-corrected chi connectivity index (χ3v) is 3.35. The first-order chi connectivity index (χ1) is 6.79. The molecule has 84 valence electrons. The van der Waals surface area contributed by atoms with Crippen molar-refractivity contribution in [3.05, 3.63) is 35.9 Å². The fourth-order valence-corrected chi connectivity index (χ4v) is 2.50. The molecule has 0 radical (unpaired) electrons. The molecule has 1 aromatic carbocycles. The Hall–Kier alpha value is -0.570. The molecule has 1 aliphatic carbocycles. The zero-order chi connectivity index (χ0) is 10.0. The molecule has 0 spiro atoms. The molecular weight excluding hydrogens is 210 g/mol. The van der Waals surface area contributed by atoms with Crippen LogP contribution in [0.3, 0.4) is 0 Å². The molecular formula is C12H18ClNO. The van der Waals surface area contributed by atoms with E-state index in [1.807, 2.05) is 25.2 Å². The first-order valence-corrected chi connectivity index (χ1v) is 5.22. The smallest absolute Gasteiger partial charge is 0.0763 e. The Balaban J connectivity index is 0.00000112. The molecule has 1 fully saturated rings. The number of aliphatic hydroxyl groups excluding tert-OH is 1. The molecule has 1 aromatic rings. The summed E-state index contributed by atoms with van der Waals surface area (Å²) in [5.74, 6) is 0. The van der Waals surface area contributed by atoms with Crippen molar-refractivity contribution in [1.29, 1.82) is 0 Å². The third-order valence-electron chi connectivity index (χ3n) is 3.35. The van der Waals surface area contributed by atoms with Crippen molar-refractivity contribution in [2.24, 2.45) is 0 Å². The second-order valence-electron chi connectivity index (χ2n) is 4.00. The van der Waals surface area contributed by atoms with Crippen LogP contribution in [0.15, 0.2) is 30.3 Å². The van der Waals surface area contributed by atoms with Gasteiger partial charge in [0.2, 0.25) is 0 Å². The molecule has 3 heteroatoms. The lowest BCUT2D eigenvalue weighted by Crippen LogP contribution is -2.46. The van der Waals surface area contributed by atoms with E-state index in [1.165, 1.54) is 5.56 Å². The molecule has 1 saturated carbocycles. The van der Waals surface area contributed by atoms with Crippen molar-refractivity contribution in [3.8, 4) is 0 Å². The average molecular weight is 228 g/mol. The molecule has 0 heterocycles. The lowest BCUT2D eigenvalue weighted by atomic mass is 9.86. The highest BCUT2D eigenvalue weighted by molar-refractivity contribution is 5.85. The van der Waals surface area contributed by atoms with Crippen molar-refractivity contribution in [2.45, 2.75) is 30.9 Å². The predicted molar refractivity (Wildman–Crippen MR) is 64.3 cm³/mol. The number of nitrogens with one attached hydrogen (secondary N) is 1. The van der Waals surface area contributed by atoms with Gasteiger partial charge in [0.25, 0.3) is 0 Å². The Labute approximate surface area is 97.1 Å². The minimum atomic E-state index is -0.255. The Morgan fingerprint density at radius 3 is 2.47 bits per heavy atom. The SMILES string of the molecule is CN[C@]1(c2ccccc2)CCCC1O.Cl. The summed E-state index contributed by atoms with van der Waals surface area (Å²) in [6, 6.07) is 10.2. The maximum absolute atomic E-state index is 10.0. The van der Waals surface area contributed by atoms with E-state index in [4.69, 9.17) is 0 Å². The summed E-state index contributed by atoms with van der Waals surface area (Å²) in [6.07, 6.45) is 2.76. The topological polar surface area (TPSA) is 32.3 Å². The summed E-state index contributed by atoms with van der Waals surface area (Å²) in [5, 5.41) is 13.3. The van der Waals surface area contributed by atoms with Crippen molar-refractivity contribution >= 4 is 12.4 Å². The molecule has 1 aliphatic rings. The van der Waals surface area contributed by atoms with Gasteiger partial charge in [0.1, 0.15) is 0 Å². The number of hydrogen-bond acceptors (Lipinski definition) is 2. The van der Waals surface area contributed by atoms with Crippen LogP contribution in [0.5, 0.6) is 0 Å². The highest BCUT2D eigenvalue weighted by Crippen LogP contribution is 2.38. The van der Waals surface area contributed by atoms with Crippen LogP contribution in [0.2, 0.25) is 0 Å². The second-order valence-corrected chi connectivity index (χ2v) is 4.00. The maximum atomic E-state index is 10.0. The molecule has 2 atom stereocenters. The minimum absolute atomic E-state index is 0. The van der Waals surface area contributed by atoms with Gasteiger partial charge < -0.3 is 10.4 Å². The summed E-state index contributed by atoms with van der Waals surface area (Å²) in [5.41, 5.74) is 0.994. The highest BCUT2D eigenvalue weighted by Gasteiger charge is 2.41. The molecule has 0 amide bonds. The average Bonchev–Trinajstić information content (AvgIpc) is 2.62. The van der Waals surface area contributed by atoms with E-state index >= 15 is 0 Å². The fraction of sp³-hybridized carbons (Fsp3) is 0.500. The Morgan fingerprint density at radius 2 is 2.00 bits per heavy atom. The van der Waals surface area contributed by atoms with E-state index < -0.39 is 0 Å². The summed E-state index contributed by atoms with van der Waals surface area (Å²) in [6.45, 7) is 0. The van der Waals surface area contributed by atoms with Crippen LogP contribution >= 0.6 is 12.4 Å². The van der Waals surface area contributed by atoms with Crippen LogP contribution in [0.1, 0.15) is 24.8 Å². The monoisotopic (exact) mass is 227 g/mol. The quantitative estimate of drug-likeness (QED) is 0.811. The van der Waals surface area contributed by atoms with Crippen LogP contribution < -0.4 is 5.32 Å². The Bertz CT molecular complexity index is 304. The lowest BCUT2D eigenvalue weighted by molar-refractivity contribution is 0.0891. The van der Waals surface area contributed by atoms with Gasteiger partial charge in [-0.2, -0.15) is 0 Å². The molecule has 0 saturated heterocycles. The molecule has 15 heavy (non-hydrogen) atoms. The van der Waals surface area contributed by atoms with Crippen LogP contribution in [0, 0.1) is 0 Å². The van der Waals surface area contributed by atoms with E-state index in [9.17, 15) is 5.11 Å². The first-order valence-electron chi connectivity index (χ1n) is 5.22. The standard InChI is InChI=1S/C12H17NO.ClH/c1-13-12(9-5-8-11(12)14)10-6-3-2-4-7-10;/h2-4,6-7,11,13-14H,5,8-9H2,1H3;1H/t11?,12-;/m0./s1. The van der Waals surface area contributed by atoms with Crippen LogP contribution in [-0.4, -0.2) is 18.3 Å². The second kappa shape index (κ2) is 4.97. The van der Waals surface area contributed by atoms with Gasteiger partial charge in [0.05, 0.1) is 11.6 Å². The molecule has 2 nitrogen and oxygen atoms in total. The van der Waals surface area contributed by atoms with E-state index in [2.05, 4.69) is 17.4 Å². The number of halogens is 1. The van der Waals surface area contributed by atoms with Crippen molar-refractivity contribution < 1.29 is 5.11 Å². The number of likely N-dealkylation sites (N-methyl/N-ethyl adjacent to an activating group) is 1. The number of benzene rings is 1. The number of aliphatic hydroxyl groups is 1. The zero-order valence-electron chi connectivity index (χ0n) is 8.94. The maximum Gasteiger partial charge on any atom is 0.0763 e. The van der Waals surface area contributed by atoms with Crippen LogP contribution in [-0.2, 0) is 5.54 Å². The molecule has 2 N–H and O–H groups in total. The summed E-state index contributed by atoms with van der Waals surface area (Å²) in [4.78, 5) is 0. The van der Waals surface area contributed by atoms with Gasteiger partial charge >= 0.3 is 0 Å². The molecule has 1 unspecified atom stereocenters. The first kappa shape index (κ1) is 12.5. The van der Waals surface area contributed by atoms with Gasteiger partial charge in [0.15, 0.2) is 0 Å². The molecule has 0 bridgehead atoms. The van der Waals surface area contributed by atoms with Gasteiger partial charge in [-0.25, -0.2) is 0 Å². The van der Waals surface area contributed by atoms with E-state index in [0.29, 0.717) is 0 Å². The van der Waals surface area contributed by atoms with Crippen molar-refractivity contribution in [2.75, 3.05) is 7.05 Å². The Kier molecular flexibility index (Phi) is 4.14. The molecule has 0 aliphatic heterocycles. The predicted octanol–water partition coefficient (Wildman–Crippen LogP) is 2.07. The fourth-order valence-electron chi connectivity index (χ4n) is 2.50. The van der Waals surface area contributed by atoms with Gasteiger partial charge in [-0.15, -0.1) is 12.4 Å². The number of rotatable bonds is 2. The van der Waals surface area contributed by atoms with Crippen LogP contribution in [0.4, 0.5) is 0 Å². The van der Waals surface area contributed by atoms with Crippen molar-refractivity contribution in [3.63, 3.8) is 0 Å². The zero-order valence-corrected chi connectivity index (χ0v) is 9.76. The molecule has 0 aromatic heterocycles. The van der Waals surface area contributed by atoms with Gasteiger partial charge in [-0.3, -0.25) is 0 Å². The summed E-state index contributed by atoms with van der Waals surface area (Å²) >= 11 is 0.